The van der Waals surface area contributed by atoms with Crippen LogP contribution in [0, 0.1) is 0 Å². The SMILES string of the molecule is CC1SCCN(c2ccc([C@@H](C)O)cc2Br)C1C. The Labute approximate surface area is 122 Å². The van der Waals surface area contributed by atoms with Crippen LogP contribution in [0.3, 0.4) is 0 Å². The lowest BCUT2D eigenvalue weighted by Crippen LogP contribution is -2.44. The third-order valence-electron chi connectivity index (χ3n) is 3.65. The molecular weight excluding hydrogens is 310 g/mol. The summed E-state index contributed by atoms with van der Waals surface area (Å²) in [5.74, 6) is 1.18. The topological polar surface area (TPSA) is 23.5 Å². The van der Waals surface area contributed by atoms with Gasteiger partial charge in [-0.3, -0.25) is 0 Å². The van der Waals surface area contributed by atoms with Crippen molar-refractivity contribution < 1.29 is 5.11 Å². The summed E-state index contributed by atoms with van der Waals surface area (Å²) in [5, 5.41) is 10.3. The molecule has 0 aliphatic carbocycles. The minimum atomic E-state index is -0.413. The highest BCUT2D eigenvalue weighted by molar-refractivity contribution is 9.10. The van der Waals surface area contributed by atoms with Crippen molar-refractivity contribution >= 4 is 33.4 Å². The zero-order chi connectivity index (χ0) is 13.3. The van der Waals surface area contributed by atoms with Gasteiger partial charge in [-0.05, 0) is 47.5 Å². The van der Waals surface area contributed by atoms with E-state index in [-0.39, 0.29) is 0 Å². The molecule has 100 valence electrons. The first-order valence-corrected chi connectivity index (χ1v) is 8.20. The molecule has 2 unspecified atom stereocenters. The fourth-order valence-electron chi connectivity index (χ4n) is 2.29. The van der Waals surface area contributed by atoms with E-state index >= 15 is 0 Å². The van der Waals surface area contributed by atoms with Crippen LogP contribution in [0.15, 0.2) is 22.7 Å². The molecule has 1 N–H and O–H groups in total. The van der Waals surface area contributed by atoms with Gasteiger partial charge in [-0.1, -0.05) is 13.0 Å². The molecule has 1 aromatic carbocycles. The summed E-state index contributed by atoms with van der Waals surface area (Å²) < 4.78 is 1.08. The van der Waals surface area contributed by atoms with Gasteiger partial charge in [0.25, 0.3) is 0 Å². The van der Waals surface area contributed by atoms with Crippen molar-refractivity contribution in [3.63, 3.8) is 0 Å². The smallest absolute Gasteiger partial charge is 0.0762 e. The van der Waals surface area contributed by atoms with Crippen molar-refractivity contribution in [2.75, 3.05) is 17.2 Å². The summed E-state index contributed by atoms with van der Waals surface area (Å²) in [4.78, 5) is 2.46. The van der Waals surface area contributed by atoms with Crippen molar-refractivity contribution in [2.24, 2.45) is 0 Å². The van der Waals surface area contributed by atoms with E-state index in [2.05, 4.69) is 40.7 Å². The van der Waals surface area contributed by atoms with E-state index in [0.29, 0.717) is 11.3 Å². The Morgan fingerprint density at radius 1 is 1.44 bits per heavy atom. The van der Waals surface area contributed by atoms with Gasteiger partial charge in [-0.2, -0.15) is 11.8 Å². The van der Waals surface area contributed by atoms with Gasteiger partial charge < -0.3 is 10.0 Å². The van der Waals surface area contributed by atoms with Crippen LogP contribution in [0.5, 0.6) is 0 Å². The van der Waals surface area contributed by atoms with Crippen LogP contribution in [0.2, 0.25) is 0 Å². The van der Waals surface area contributed by atoms with Crippen LogP contribution in [-0.4, -0.2) is 28.7 Å². The molecule has 2 nitrogen and oxygen atoms in total. The minimum Gasteiger partial charge on any atom is -0.389 e. The Balaban J connectivity index is 2.27. The molecule has 18 heavy (non-hydrogen) atoms. The predicted octanol–water partition coefficient (Wildman–Crippen LogP) is 3.83. The van der Waals surface area contributed by atoms with E-state index < -0.39 is 6.10 Å². The molecule has 1 aromatic rings. The summed E-state index contributed by atoms with van der Waals surface area (Å²) >= 11 is 5.68. The van der Waals surface area contributed by atoms with Gasteiger partial charge in [0, 0.05) is 28.1 Å². The molecule has 0 radical (unpaired) electrons. The lowest BCUT2D eigenvalue weighted by Gasteiger charge is -2.39. The molecular formula is C14H20BrNOS. The second kappa shape index (κ2) is 5.85. The fraction of sp³-hybridized carbons (Fsp3) is 0.571. The minimum absolute atomic E-state index is 0.413. The number of hydrogen-bond acceptors (Lipinski definition) is 3. The van der Waals surface area contributed by atoms with Gasteiger partial charge in [-0.25, -0.2) is 0 Å². The van der Waals surface area contributed by atoms with Crippen molar-refractivity contribution in [3.8, 4) is 0 Å². The molecule has 1 aliphatic rings. The first-order valence-electron chi connectivity index (χ1n) is 6.36. The van der Waals surface area contributed by atoms with Gasteiger partial charge in [-0.15, -0.1) is 0 Å². The van der Waals surface area contributed by atoms with Crippen molar-refractivity contribution in [1.29, 1.82) is 0 Å². The van der Waals surface area contributed by atoms with E-state index in [0.717, 1.165) is 16.6 Å². The molecule has 0 spiro atoms. The molecule has 0 amide bonds. The molecule has 1 heterocycles. The largest absolute Gasteiger partial charge is 0.389 e. The van der Waals surface area contributed by atoms with Gasteiger partial charge in [0.2, 0.25) is 0 Å². The van der Waals surface area contributed by atoms with Crippen LogP contribution in [-0.2, 0) is 0 Å². The van der Waals surface area contributed by atoms with Crippen molar-refractivity contribution in [3.05, 3.63) is 28.2 Å². The molecule has 1 fully saturated rings. The molecule has 3 atom stereocenters. The summed E-state index contributed by atoms with van der Waals surface area (Å²) in [6.07, 6.45) is -0.413. The third kappa shape index (κ3) is 2.86. The zero-order valence-electron chi connectivity index (χ0n) is 11.1. The van der Waals surface area contributed by atoms with E-state index in [4.69, 9.17) is 0 Å². The van der Waals surface area contributed by atoms with Crippen LogP contribution in [0.25, 0.3) is 0 Å². The predicted molar refractivity (Wildman–Crippen MR) is 83.5 cm³/mol. The molecule has 0 aromatic heterocycles. The number of aliphatic hydroxyl groups is 1. The summed E-state index contributed by atoms with van der Waals surface area (Å²) in [5.41, 5.74) is 2.19. The zero-order valence-corrected chi connectivity index (χ0v) is 13.5. The summed E-state index contributed by atoms with van der Waals surface area (Å²) in [7, 11) is 0. The number of hydrogen-bond donors (Lipinski definition) is 1. The number of rotatable bonds is 2. The molecule has 0 bridgehead atoms. The van der Waals surface area contributed by atoms with Gasteiger partial charge >= 0.3 is 0 Å². The van der Waals surface area contributed by atoms with Crippen LogP contribution < -0.4 is 4.90 Å². The number of thioether (sulfide) groups is 1. The summed E-state index contributed by atoms with van der Waals surface area (Å²) in [6.45, 7) is 7.46. The van der Waals surface area contributed by atoms with Crippen LogP contribution >= 0.6 is 27.7 Å². The first kappa shape index (κ1) is 14.2. The molecule has 1 aliphatic heterocycles. The summed E-state index contributed by atoms with van der Waals surface area (Å²) in [6, 6.07) is 6.70. The van der Waals surface area contributed by atoms with Crippen molar-refractivity contribution in [1.82, 2.24) is 0 Å². The monoisotopic (exact) mass is 329 g/mol. The normalized spacial score (nSPS) is 26.2. The molecule has 4 heteroatoms. The lowest BCUT2D eigenvalue weighted by atomic mass is 10.1. The maximum Gasteiger partial charge on any atom is 0.0762 e. The number of benzene rings is 1. The average molecular weight is 330 g/mol. The lowest BCUT2D eigenvalue weighted by molar-refractivity contribution is 0.199. The second-order valence-corrected chi connectivity index (χ2v) is 7.24. The van der Waals surface area contributed by atoms with Gasteiger partial charge in [0.15, 0.2) is 0 Å². The number of nitrogens with zero attached hydrogens (tertiary/aromatic N) is 1. The third-order valence-corrected chi connectivity index (χ3v) is 5.62. The number of aliphatic hydroxyl groups excluding tert-OH is 1. The van der Waals surface area contributed by atoms with Crippen LogP contribution in [0.1, 0.15) is 32.4 Å². The Hall–Kier alpha value is -0.190. The van der Waals surface area contributed by atoms with E-state index in [9.17, 15) is 5.11 Å². The maximum absolute atomic E-state index is 9.61. The van der Waals surface area contributed by atoms with Crippen molar-refractivity contribution in [2.45, 2.75) is 38.2 Å². The van der Waals surface area contributed by atoms with Gasteiger partial charge in [0.1, 0.15) is 0 Å². The second-order valence-electron chi connectivity index (χ2n) is 4.90. The Bertz CT molecular complexity index is 424. The highest BCUT2D eigenvalue weighted by Crippen LogP contribution is 2.35. The highest BCUT2D eigenvalue weighted by Gasteiger charge is 2.26. The quantitative estimate of drug-likeness (QED) is 0.891. The van der Waals surface area contributed by atoms with E-state index in [1.807, 2.05) is 23.9 Å². The Kier molecular flexibility index (Phi) is 4.62. The van der Waals surface area contributed by atoms with Crippen LogP contribution in [0.4, 0.5) is 5.69 Å². The highest BCUT2D eigenvalue weighted by atomic mass is 79.9. The molecule has 2 rings (SSSR count). The average Bonchev–Trinajstić information content (AvgIpc) is 2.33. The Morgan fingerprint density at radius 3 is 2.78 bits per heavy atom. The van der Waals surface area contributed by atoms with E-state index in [1.165, 1.54) is 11.4 Å². The molecule has 1 saturated heterocycles. The maximum atomic E-state index is 9.61. The fourth-order valence-corrected chi connectivity index (χ4v) is 4.01. The Morgan fingerprint density at radius 2 is 2.17 bits per heavy atom. The standard InChI is InChI=1S/C14H20BrNOS/c1-9-11(3)18-7-6-16(9)14-5-4-12(10(2)17)8-13(14)15/h4-5,8-11,17H,6-7H2,1-3H3/t9?,10-,11?/m1/s1. The first-order chi connectivity index (χ1) is 8.50. The molecule has 0 saturated carbocycles. The number of anilines is 1. The van der Waals surface area contributed by atoms with E-state index in [1.54, 1.807) is 6.92 Å². The number of halogens is 1. The van der Waals surface area contributed by atoms with Gasteiger partial charge in [0.05, 0.1) is 11.8 Å².